The van der Waals surface area contributed by atoms with E-state index in [0.717, 1.165) is 18.2 Å². The van der Waals surface area contributed by atoms with Crippen LogP contribution in [0.25, 0.3) is 0 Å². The number of hydrogen-bond donors (Lipinski definition) is 1. The van der Waals surface area contributed by atoms with E-state index < -0.39 is 0 Å². The zero-order chi connectivity index (χ0) is 6.81. The van der Waals surface area contributed by atoms with Gasteiger partial charge in [0.1, 0.15) is 0 Å². The normalized spacial score (nSPS) is 18.2. The molecule has 1 aromatic heterocycles. The van der Waals surface area contributed by atoms with Crippen molar-refractivity contribution in [1.29, 1.82) is 0 Å². The number of aromatic nitrogens is 1. The number of rotatable bonds is 1. The third kappa shape index (κ3) is 0.998. The summed E-state index contributed by atoms with van der Waals surface area (Å²) in [6, 6.07) is 0. The predicted octanol–water partition coefficient (Wildman–Crippen LogP) is 0.858. The van der Waals surface area contributed by atoms with E-state index in [1.54, 1.807) is 11.3 Å². The van der Waals surface area contributed by atoms with E-state index in [2.05, 4.69) is 15.4 Å². The molecule has 1 saturated heterocycles. The molecule has 2 heterocycles. The molecular formula is C6H9N3S. The molecule has 1 fully saturated rings. The van der Waals surface area contributed by atoms with Gasteiger partial charge in [0.25, 0.3) is 0 Å². The third-order valence-electron chi connectivity index (χ3n) is 1.51. The molecule has 0 spiro atoms. The van der Waals surface area contributed by atoms with Crippen molar-refractivity contribution in [3.63, 3.8) is 0 Å². The van der Waals surface area contributed by atoms with Gasteiger partial charge in [0.2, 0.25) is 0 Å². The van der Waals surface area contributed by atoms with Gasteiger partial charge in [-0.2, -0.15) is 0 Å². The Balaban J connectivity index is 2.12. The average Bonchev–Trinajstić information content (AvgIpc) is 2.59. The molecule has 54 valence electrons. The molecular weight excluding hydrogens is 146 g/mol. The molecule has 4 heteroatoms. The van der Waals surface area contributed by atoms with Gasteiger partial charge in [0.05, 0.1) is 0 Å². The summed E-state index contributed by atoms with van der Waals surface area (Å²) in [6.45, 7) is 2.17. The van der Waals surface area contributed by atoms with Crippen molar-refractivity contribution in [3.8, 4) is 0 Å². The van der Waals surface area contributed by atoms with Crippen molar-refractivity contribution in [2.45, 2.75) is 6.42 Å². The Labute approximate surface area is 63.7 Å². The van der Waals surface area contributed by atoms with Gasteiger partial charge in [-0.1, -0.05) is 0 Å². The molecule has 0 bridgehead atoms. The van der Waals surface area contributed by atoms with Crippen LogP contribution >= 0.6 is 11.3 Å². The molecule has 0 aromatic carbocycles. The van der Waals surface area contributed by atoms with E-state index in [1.807, 2.05) is 11.6 Å². The molecule has 0 radical (unpaired) electrons. The van der Waals surface area contributed by atoms with Crippen LogP contribution in [0.1, 0.15) is 6.42 Å². The fourth-order valence-electron chi connectivity index (χ4n) is 1.04. The predicted molar refractivity (Wildman–Crippen MR) is 42.1 cm³/mol. The van der Waals surface area contributed by atoms with Crippen LogP contribution < -0.4 is 10.4 Å². The highest BCUT2D eigenvalue weighted by molar-refractivity contribution is 7.13. The Kier molecular flexibility index (Phi) is 1.56. The standard InChI is InChI=1S/C6H9N3S/c1-2-8-9(4-1)6-7-3-5-10-6/h3,5,8H,1-2,4H2. The SMILES string of the molecule is c1csc(N2CCCN2)n1. The van der Waals surface area contributed by atoms with Crippen LogP contribution in [0.5, 0.6) is 0 Å². The van der Waals surface area contributed by atoms with Crippen LogP contribution in [-0.4, -0.2) is 18.1 Å². The van der Waals surface area contributed by atoms with Gasteiger partial charge in [0.15, 0.2) is 5.13 Å². The van der Waals surface area contributed by atoms with Crippen LogP contribution in [0, 0.1) is 0 Å². The number of nitrogens with zero attached hydrogens (tertiary/aromatic N) is 2. The van der Waals surface area contributed by atoms with Crippen LogP contribution in [0.4, 0.5) is 5.13 Å². The van der Waals surface area contributed by atoms with Crippen LogP contribution in [-0.2, 0) is 0 Å². The maximum absolute atomic E-state index is 4.18. The molecule has 0 saturated carbocycles. The van der Waals surface area contributed by atoms with Gasteiger partial charge in [-0.15, -0.1) is 11.3 Å². The first-order valence-corrected chi connectivity index (χ1v) is 4.25. The molecule has 1 aromatic rings. The lowest BCUT2D eigenvalue weighted by molar-refractivity contribution is 0.783. The summed E-state index contributed by atoms with van der Waals surface area (Å²) < 4.78 is 0. The van der Waals surface area contributed by atoms with Crippen molar-refractivity contribution in [2.24, 2.45) is 0 Å². The lowest BCUT2D eigenvalue weighted by atomic mass is 10.5. The van der Waals surface area contributed by atoms with Gasteiger partial charge < -0.3 is 0 Å². The van der Waals surface area contributed by atoms with Crippen LogP contribution in [0.3, 0.4) is 0 Å². The molecule has 0 amide bonds. The molecule has 3 nitrogen and oxygen atoms in total. The lowest BCUT2D eigenvalue weighted by Crippen LogP contribution is -2.30. The van der Waals surface area contributed by atoms with Gasteiger partial charge in [-0.25, -0.2) is 10.4 Å². The summed E-state index contributed by atoms with van der Waals surface area (Å²) >= 11 is 1.67. The van der Waals surface area contributed by atoms with E-state index in [4.69, 9.17) is 0 Å². The van der Waals surface area contributed by atoms with E-state index in [-0.39, 0.29) is 0 Å². The van der Waals surface area contributed by atoms with Crippen LogP contribution in [0.15, 0.2) is 11.6 Å². The topological polar surface area (TPSA) is 28.2 Å². The summed E-state index contributed by atoms with van der Waals surface area (Å²) in [4.78, 5) is 4.18. The summed E-state index contributed by atoms with van der Waals surface area (Å²) in [6.07, 6.45) is 3.06. The number of hydrazine groups is 1. The summed E-state index contributed by atoms with van der Waals surface area (Å²) in [5.41, 5.74) is 3.24. The molecule has 10 heavy (non-hydrogen) atoms. The Bertz CT molecular complexity index is 191. The van der Waals surface area contributed by atoms with E-state index in [1.165, 1.54) is 6.42 Å². The first kappa shape index (κ1) is 6.12. The first-order chi connectivity index (χ1) is 4.97. The maximum Gasteiger partial charge on any atom is 0.199 e. The summed E-state index contributed by atoms with van der Waals surface area (Å²) in [5.74, 6) is 0. The van der Waals surface area contributed by atoms with Gasteiger partial charge in [0, 0.05) is 24.7 Å². The smallest absolute Gasteiger partial charge is 0.199 e. The Hall–Kier alpha value is -0.610. The minimum absolute atomic E-state index is 1.08. The molecule has 0 aliphatic carbocycles. The van der Waals surface area contributed by atoms with Crippen LogP contribution in [0.2, 0.25) is 0 Å². The van der Waals surface area contributed by atoms with Gasteiger partial charge in [-0.3, -0.25) is 5.01 Å². The maximum atomic E-state index is 4.18. The minimum Gasteiger partial charge on any atom is -0.283 e. The number of nitrogens with one attached hydrogen (secondary N) is 1. The largest absolute Gasteiger partial charge is 0.283 e. The Morgan fingerprint density at radius 2 is 2.70 bits per heavy atom. The van der Waals surface area contributed by atoms with Crippen molar-refractivity contribution in [3.05, 3.63) is 11.6 Å². The first-order valence-electron chi connectivity index (χ1n) is 3.37. The van der Waals surface area contributed by atoms with Crippen molar-refractivity contribution in [1.82, 2.24) is 10.4 Å². The zero-order valence-corrected chi connectivity index (χ0v) is 6.40. The van der Waals surface area contributed by atoms with Gasteiger partial charge >= 0.3 is 0 Å². The highest BCUT2D eigenvalue weighted by Gasteiger charge is 2.12. The van der Waals surface area contributed by atoms with Crippen molar-refractivity contribution < 1.29 is 0 Å². The number of anilines is 1. The number of hydrogen-bond acceptors (Lipinski definition) is 4. The third-order valence-corrected chi connectivity index (χ3v) is 2.31. The highest BCUT2D eigenvalue weighted by atomic mass is 32.1. The minimum atomic E-state index is 1.08. The summed E-state index contributed by atoms with van der Waals surface area (Å²) in [7, 11) is 0. The fraction of sp³-hybridized carbons (Fsp3) is 0.500. The Morgan fingerprint density at radius 3 is 3.30 bits per heavy atom. The second-order valence-electron chi connectivity index (χ2n) is 2.23. The highest BCUT2D eigenvalue weighted by Crippen LogP contribution is 2.17. The van der Waals surface area contributed by atoms with E-state index in [9.17, 15) is 0 Å². The molecule has 1 aliphatic rings. The molecule has 1 aliphatic heterocycles. The van der Waals surface area contributed by atoms with Crippen molar-refractivity contribution >= 4 is 16.5 Å². The average molecular weight is 155 g/mol. The number of thiazole rings is 1. The lowest BCUT2D eigenvalue weighted by Gasteiger charge is -2.12. The quantitative estimate of drug-likeness (QED) is 0.652. The fourth-order valence-corrected chi connectivity index (χ4v) is 1.69. The Morgan fingerprint density at radius 1 is 1.70 bits per heavy atom. The second-order valence-corrected chi connectivity index (χ2v) is 3.10. The summed E-state index contributed by atoms with van der Waals surface area (Å²) in [5, 5.41) is 5.18. The monoisotopic (exact) mass is 155 g/mol. The van der Waals surface area contributed by atoms with Gasteiger partial charge in [-0.05, 0) is 6.42 Å². The zero-order valence-electron chi connectivity index (χ0n) is 5.58. The molecule has 1 N–H and O–H groups in total. The molecule has 0 unspecified atom stereocenters. The molecule has 2 rings (SSSR count). The molecule has 0 atom stereocenters. The second kappa shape index (κ2) is 2.56. The van der Waals surface area contributed by atoms with Crippen molar-refractivity contribution in [2.75, 3.05) is 18.1 Å². The van der Waals surface area contributed by atoms with E-state index in [0.29, 0.717) is 0 Å². The van der Waals surface area contributed by atoms with E-state index >= 15 is 0 Å².